The van der Waals surface area contributed by atoms with Crippen LogP contribution in [0.1, 0.15) is 30.4 Å². The van der Waals surface area contributed by atoms with Gasteiger partial charge in [0.1, 0.15) is 5.82 Å². The van der Waals surface area contributed by atoms with E-state index in [-0.39, 0.29) is 11.2 Å². The molecule has 2 N–H and O–H groups in total. The van der Waals surface area contributed by atoms with Crippen molar-refractivity contribution in [2.45, 2.75) is 31.2 Å². The lowest BCUT2D eigenvalue weighted by molar-refractivity contribution is 0.0337. The van der Waals surface area contributed by atoms with Crippen molar-refractivity contribution in [2.75, 3.05) is 32.8 Å². The Balaban J connectivity index is 1.73. The van der Waals surface area contributed by atoms with Gasteiger partial charge in [-0.2, -0.15) is 0 Å². The first-order valence-electron chi connectivity index (χ1n) is 7.53. The highest BCUT2D eigenvalue weighted by Crippen LogP contribution is 2.43. The van der Waals surface area contributed by atoms with Crippen LogP contribution in [0.4, 0.5) is 4.39 Å². The van der Waals surface area contributed by atoms with E-state index in [2.05, 4.69) is 11.0 Å². The molecule has 2 aliphatic rings. The lowest BCUT2D eigenvalue weighted by atomic mass is 9.64. The average Bonchev–Trinajstić information content (AvgIpc) is 2.42. The lowest BCUT2D eigenvalue weighted by Gasteiger charge is -2.41. The summed E-state index contributed by atoms with van der Waals surface area (Å²) in [5, 5.41) is 0. The van der Waals surface area contributed by atoms with E-state index in [9.17, 15) is 4.39 Å². The summed E-state index contributed by atoms with van der Waals surface area (Å²) in [5.41, 5.74) is 7.79. The van der Waals surface area contributed by atoms with E-state index >= 15 is 0 Å². The first-order valence-corrected chi connectivity index (χ1v) is 7.53. The second-order valence-corrected chi connectivity index (χ2v) is 6.03. The molecule has 3 rings (SSSR count). The minimum Gasteiger partial charge on any atom is -0.379 e. The van der Waals surface area contributed by atoms with E-state index in [1.165, 1.54) is 6.42 Å². The van der Waals surface area contributed by atoms with Crippen LogP contribution in [0.3, 0.4) is 0 Å². The highest BCUT2D eigenvalue weighted by Gasteiger charge is 2.37. The minimum absolute atomic E-state index is 0.0400. The summed E-state index contributed by atoms with van der Waals surface area (Å²) in [6, 6.07) is 5.72. The maximum atomic E-state index is 14.3. The van der Waals surface area contributed by atoms with Gasteiger partial charge in [-0.15, -0.1) is 0 Å². The van der Waals surface area contributed by atoms with Gasteiger partial charge in [-0.1, -0.05) is 18.6 Å². The van der Waals surface area contributed by atoms with Crippen LogP contribution in [0.2, 0.25) is 0 Å². The normalized spacial score (nSPS) is 22.5. The Labute approximate surface area is 119 Å². The highest BCUT2D eigenvalue weighted by molar-refractivity contribution is 5.33. The van der Waals surface area contributed by atoms with Crippen molar-refractivity contribution in [3.8, 4) is 0 Å². The topological polar surface area (TPSA) is 38.5 Å². The number of hydrogen-bond donors (Lipinski definition) is 1. The summed E-state index contributed by atoms with van der Waals surface area (Å²) in [6.07, 6.45) is 3.38. The molecule has 110 valence electrons. The maximum absolute atomic E-state index is 14.3. The third kappa shape index (κ3) is 2.60. The molecular weight excluding hydrogens is 255 g/mol. The van der Waals surface area contributed by atoms with Crippen LogP contribution in [0.25, 0.3) is 0 Å². The Hall–Kier alpha value is -0.970. The molecule has 0 amide bonds. The zero-order valence-corrected chi connectivity index (χ0v) is 11.9. The summed E-state index contributed by atoms with van der Waals surface area (Å²) in [7, 11) is 0. The van der Waals surface area contributed by atoms with E-state index in [0.717, 1.165) is 50.3 Å². The van der Waals surface area contributed by atoms with E-state index < -0.39 is 0 Å². The molecule has 0 atom stereocenters. The van der Waals surface area contributed by atoms with Crippen LogP contribution >= 0.6 is 0 Å². The predicted molar refractivity (Wildman–Crippen MR) is 77.1 cm³/mol. The van der Waals surface area contributed by atoms with Crippen LogP contribution in [-0.4, -0.2) is 37.7 Å². The van der Waals surface area contributed by atoms with Gasteiger partial charge < -0.3 is 10.5 Å². The summed E-state index contributed by atoms with van der Waals surface area (Å²) >= 11 is 0. The molecule has 1 aliphatic heterocycles. The molecular formula is C16H23FN2O. The van der Waals surface area contributed by atoms with Crippen LogP contribution in [0.5, 0.6) is 0 Å². The monoisotopic (exact) mass is 278 g/mol. The van der Waals surface area contributed by atoms with Crippen LogP contribution in [0, 0.1) is 5.82 Å². The number of nitrogens with two attached hydrogens (primary N) is 1. The molecule has 4 heteroatoms. The Morgan fingerprint density at radius 1 is 1.25 bits per heavy atom. The third-order valence-electron chi connectivity index (χ3n) is 4.86. The molecule has 1 heterocycles. The molecule has 1 aromatic carbocycles. The third-order valence-corrected chi connectivity index (χ3v) is 4.86. The molecule has 0 radical (unpaired) electrons. The first-order chi connectivity index (χ1) is 9.73. The average molecular weight is 278 g/mol. The van der Waals surface area contributed by atoms with Crippen molar-refractivity contribution in [3.05, 3.63) is 35.1 Å². The minimum atomic E-state index is -0.0892. The number of nitrogens with zero attached hydrogens (tertiary/aromatic N) is 1. The number of hydrogen-bond acceptors (Lipinski definition) is 3. The molecule has 2 fully saturated rings. The van der Waals surface area contributed by atoms with E-state index in [1.807, 2.05) is 6.07 Å². The van der Waals surface area contributed by atoms with Crippen LogP contribution in [0.15, 0.2) is 18.2 Å². The lowest BCUT2D eigenvalue weighted by Crippen LogP contribution is -2.41. The summed E-state index contributed by atoms with van der Waals surface area (Å²) in [4.78, 5) is 2.24. The second kappa shape index (κ2) is 5.80. The quantitative estimate of drug-likeness (QED) is 0.916. The largest absolute Gasteiger partial charge is 0.379 e. The standard InChI is InChI=1S/C16H23FN2O/c17-15-10-14(16(12-18)4-1-5-16)3-2-13(15)11-19-6-8-20-9-7-19/h2-3,10H,1,4-9,11-12,18H2. The fourth-order valence-electron chi connectivity index (χ4n) is 3.22. The van der Waals surface area contributed by atoms with Crippen LogP contribution < -0.4 is 5.73 Å². The Bertz CT molecular complexity index is 462. The number of benzene rings is 1. The van der Waals surface area contributed by atoms with Crippen molar-refractivity contribution in [1.29, 1.82) is 0 Å². The number of morpholine rings is 1. The van der Waals surface area contributed by atoms with Gasteiger partial charge >= 0.3 is 0 Å². The second-order valence-electron chi connectivity index (χ2n) is 6.03. The molecule has 1 saturated heterocycles. The molecule has 0 spiro atoms. The zero-order chi connectivity index (χ0) is 14.0. The van der Waals surface area contributed by atoms with Crippen molar-refractivity contribution in [3.63, 3.8) is 0 Å². The van der Waals surface area contributed by atoms with Crippen LogP contribution in [-0.2, 0) is 16.7 Å². The Morgan fingerprint density at radius 2 is 2.00 bits per heavy atom. The zero-order valence-electron chi connectivity index (χ0n) is 11.9. The van der Waals surface area contributed by atoms with Gasteiger partial charge in [-0.05, 0) is 24.5 Å². The van der Waals surface area contributed by atoms with Gasteiger partial charge in [-0.25, -0.2) is 4.39 Å². The molecule has 20 heavy (non-hydrogen) atoms. The van der Waals surface area contributed by atoms with Gasteiger partial charge in [-0.3, -0.25) is 4.90 Å². The Morgan fingerprint density at radius 3 is 2.55 bits per heavy atom. The van der Waals surface area contributed by atoms with Crippen molar-refractivity contribution >= 4 is 0 Å². The van der Waals surface area contributed by atoms with Gasteiger partial charge in [0.05, 0.1) is 13.2 Å². The Kier molecular flexibility index (Phi) is 4.06. The fourth-order valence-corrected chi connectivity index (χ4v) is 3.22. The first kappa shape index (κ1) is 14.0. The molecule has 1 aliphatic carbocycles. The van der Waals surface area contributed by atoms with E-state index in [0.29, 0.717) is 13.1 Å². The molecule has 1 saturated carbocycles. The number of halogens is 1. The predicted octanol–water partition coefficient (Wildman–Crippen LogP) is 2.04. The highest BCUT2D eigenvalue weighted by atomic mass is 19.1. The maximum Gasteiger partial charge on any atom is 0.127 e. The van der Waals surface area contributed by atoms with Crippen molar-refractivity contribution in [1.82, 2.24) is 4.90 Å². The molecule has 0 bridgehead atoms. The van der Waals surface area contributed by atoms with Gasteiger partial charge in [0, 0.05) is 37.2 Å². The van der Waals surface area contributed by atoms with E-state index in [4.69, 9.17) is 10.5 Å². The summed E-state index contributed by atoms with van der Waals surface area (Å²) in [6.45, 7) is 4.55. The smallest absolute Gasteiger partial charge is 0.127 e. The van der Waals surface area contributed by atoms with Gasteiger partial charge in [0.2, 0.25) is 0 Å². The molecule has 0 aromatic heterocycles. The fraction of sp³-hybridized carbons (Fsp3) is 0.625. The van der Waals surface area contributed by atoms with E-state index in [1.54, 1.807) is 6.07 Å². The van der Waals surface area contributed by atoms with Crippen molar-refractivity contribution < 1.29 is 9.13 Å². The van der Waals surface area contributed by atoms with Gasteiger partial charge in [0.15, 0.2) is 0 Å². The molecule has 0 unspecified atom stereocenters. The molecule has 1 aromatic rings. The molecule has 3 nitrogen and oxygen atoms in total. The van der Waals surface area contributed by atoms with Gasteiger partial charge in [0.25, 0.3) is 0 Å². The summed E-state index contributed by atoms with van der Waals surface area (Å²) < 4.78 is 19.7. The van der Waals surface area contributed by atoms with Crippen molar-refractivity contribution in [2.24, 2.45) is 5.73 Å². The number of rotatable bonds is 4. The SMILES string of the molecule is NCC1(c2ccc(CN3CCOCC3)c(F)c2)CCC1. The summed E-state index contributed by atoms with van der Waals surface area (Å²) in [5.74, 6) is -0.0892. The number of ether oxygens (including phenoxy) is 1.